The number of nitrogens with one attached hydrogen (secondary N) is 2. The molecule has 0 spiro atoms. The van der Waals surface area contributed by atoms with Gasteiger partial charge in [0.1, 0.15) is 11.3 Å². The van der Waals surface area contributed by atoms with Crippen LogP contribution in [-0.4, -0.2) is 32.7 Å². The number of rotatable bonds is 6. The van der Waals surface area contributed by atoms with Gasteiger partial charge in [0.15, 0.2) is 24.1 Å². The molecule has 0 aliphatic heterocycles. The van der Waals surface area contributed by atoms with Gasteiger partial charge in [-0.05, 0) is 38.2 Å². The van der Waals surface area contributed by atoms with Gasteiger partial charge in [-0.15, -0.1) is 0 Å². The Morgan fingerprint density at radius 3 is 2.32 bits per heavy atom. The molecule has 2 aromatic heterocycles. The van der Waals surface area contributed by atoms with Crippen molar-refractivity contribution in [2.75, 3.05) is 19.4 Å². The summed E-state index contributed by atoms with van der Waals surface area (Å²) in [6, 6.07) is 9.73. The van der Waals surface area contributed by atoms with Crippen molar-refractivity contribution in [1.29, 1.82) is 0 Å². The van der Waals surface area contributed by atoms with E-state index in [4.69, 9.17) is 8.83 Å². The summed E-state index contributed by atoms with van der Waals surface area (Å²) in [5.41, 5.74) is 7.15. The van der Waals surface area contributed by atoms with Crippen molar-refractivity contribution in [1.82, 2.24) is 5.32 Å². The predicted molar refractivity (Wildman–Crippen MR) is 112 cm³/mol. The zero-order chi connectivity index (χ0) is 21.1. The van der Waals surface area contributed by atoms with Crippen molar-refractivity contribution < 1.29 is 18.4 Å². The van der Waals surface area contributed by atoms with Crippen LogP contribution in [0.5, 0.6) is 0 Å². The fourth-order valence-electron chi connectivity index (χ4n) is 2.43. The third kappa shape index (κ3) is 6.37. The molecule has 3 aromatic rings. The maximum absolute atomic E-state index is 10.7. The lowest BCUT2D eigenvalue weighted by atomic mass is 10.1. The van der Waals surface area contributed by atoms with Gasteiger partial charge in [0, 0.05) is 18.5 Å². The first-order valence-electron chi connectivity index (χ1n) is 8.99. The number of hydrogen-bond acceptors (Lipinski definition) is 7. The highest BCUT2D eigenvalue weighted by Gasteiger charge is 2.11. The average Bonchev–Trinajstić information content (AvgIpc) is 3.31. The molecule has 2 heterocycles. The molecule has 0 unspecified atom stereocenters. The van der Waals surface area contributed by atoms with E-state index in [1.807, 2.05) is 25.1 Å². The van der Waals surface area contributed by atoms with Crippen molar-refractivity contribution >= 4 is 29.2 Å². The van der Waals surface area contributed by atoms with Crippen LogP contribution in [0.4, 0.5) is 5.69 Å². The Hall–Kier alpha value is -2.90. The minimum atomic E-state index is 0.355. The highest BCUT2D eigenvalue weighted by Crippen LogP contribution is 2.30. The summed E-state index contributed by atoms with van der Waals surface area (Å²) in [6.07, 6.45) is 1.43. The van der Waals surface area contributed by atoms with Crippen molar-refractivity contribution in [3.05, 3.63) is 53.2 Å². The number of fused-ring (bicyclic) bond motifs is 1. The number of carbonyl (C=O) groups is 2. The molecule has 3 rings (SSSR count). The summed E-state index contributed by atoms with van der Waals surface area (Å²) in [5, 5.41) is 7.11. The van der Waals surface area contributed by atoms with Crippen LogP contribution in [0.2, 0.25) is 0 Å². The van der Waals surface area contributed by atoms with Crippen LogP contribution in [0.15, 0.2) is 39.2 Å². The van der Waals surface area contributed by atoms with E-state index in [-0.39, 0.29) is 0 Å². The zero-order valence-electron chi connectivity index (χ0n) is 17.0. The van der Waals surface area contributed by atoms with E-state index in [9.17, 15) is 9.59 Å². The summed E-state index contributed by atoms with van der Waals surface area (Å²) in [7, 11) is 3.28. The Kier molecular flexibility index (Phi) is 9.70. The highest BCUT2D eigenvalue weighted by molar-refractivity contribution is 5.99. The Bertz CT molecular complexity index is 881. The van der Waals surface area contributed by atoms with Gasteiger partial charge in [0.05, 0.1) is 12.2 Å². The fraction of sp³-hybridized carbons (Fsp3) is 0.333. The first kappa shape index (κ1) is 23.1. The monoisotopic (exact) mass is 387 g/mol. The van der Waals surface area contributed by atoms with Gasteiger partial charge < -0.3 is 25.2 Å². The number of furan rings is 2. The van der Waals surface area contributed by atoms with Crippen LogP contribution in [-0.2, 0) is 6.54 Å². The number of anilines is 1. The molecular formula is C21H29N3O4. The predicted octanol–water partition coefficient (Wildman–Crippen LogP) is 3.76. The second-order valence-corrected chi connectivity index (χ2v) is 6.17. The third-order valence-corrected chi connectivity index (χ3v) is 3.71. The summed E-state index contributed by atoms with van der Waals surface area (Å²) >= 11 is 0. The smallest absolute Gasteiger partial charge is 0.190 e. The Morgan fingerprint density at radius 2 is 1.79 bits per heavy atom. The molecule has 0 radical (unpaired) electrons. The van der Waals surface area contributed by atoms with Crippen LogP contribution in [0.3, 0.4) is 0 Å². The normalized spacial score (nSPS) is 9.96. The highest BCUT2D eigenvalue weighted by atomic mass is 16.3. The van der Waals surface area contributed by atoms with Crippen LogP contribution in [0.25, 0.3) is 11.0 Å². The summed E-state index contributed by atoms with van der Waals surface area (Å²) in [6.45, 7) is 6.80. The van der Waals surface area contributed by atoms with Crippen LogP contribution in [0.1, 0.15) is 46.3 Å². The maximum Gasteiger partial charge on any atom is 0.190 e. The van der Waals surface area contributed by atoms with E-state index in [1.165, 1.54) is 7.05 Å². The molecule has 7 nitrogen and oxygen atoms in total. The zero-order valence-corrected chi connectivity index (χ0v) is 17.0. The first-order valence-corrected chi connectivity index (χ1v) is 8.99. The summed E-state index contributed by atoms with van der Waals surface area (Å²) in [5.74, 6) is 1.54. The number of aryl methyl sites for hydroxylation is 1. The van der Waals surface area contributed by atoms with Crippen molar-refractivity contribution in [3.8, 4) is 0 Å². The van der Waals surface area contributed by atoms with Gasteiger partial charge >= 0.3 is 0 Å². The van der Waals surface area contributed by atoms with Gasteiger partial charge in [-0.3, -0.25) is 9.59 Å². The molecule has 0 saturated heterocycles. The van der Waals surface area contributed by atoms with Gasteiger partial charge in [-0.1, -0.05) is 25.5 Å². The van der Waals surface area contributed by atoms with Crippen LogP contribution < -0.4 is 16.4 Å². The van der Waals surface area contributed by atoms with Gasteiger partial charge in [-0.2, -0.15) is 0 Å². The molecule has 4 N–H and O–H groups in total. The SMILES string of the molecule is CC(C)NCc1ccc(C=O)o1.CN.CNc1c(C=O)oc2ccc(C)cc12. The van der Waals surface area contributed by atoms with E-state index in [0.717, 1.165) is 34.3 Å². The van der Waals surface area contributed by atoms with Gasteiger partial charge in [-0.25, -0.2) is 0 Å². The molecule has 0 saturated carbocycles. The summed E-state index contributed by atoms with van der Waals surface area (Å²) in [4.78, 5) is 21.0. The lowest BCUT2D eigenvalue weighted by Gasteiger charge is -2.04. The molecule has 0 atom stereocenters. The molecule has 0 amide bonds. The van der Waals surface area contributed by atoms with E-state index in [2.05, 4.69) is 30.2 Å². The van der Waals surface area contributed by atoms with Crippen molar-refractivity contribution in [3.63, 3.8) is 0 Å². The van der Waals surface area contributed by atoms with Gasteiger partial charge in [0.2, 0.25) is 0 Å². The van der Waals surface area contributed by atoms with Crippen LogP contribution in [0, 0.1) is 6.92 Å². The standard InChI is InChI=1S/C11H11NO2.C9H13NO2.CH5N/c1-7-3-4-9-8(5-7)11(12-2)10(6-13)14-9;1-7(2)10-5-8-3-4-9(6-11)12-8;1-2/h3-6,12H,1-2H3;3-4,6-7,10H,5H2,1-2H3;2H2,1H3. The minimum absolute atomic E-state index is 0.355. The molecule has 152 valence electrons. The largest absolute Gasteiger partial charge is 0.457 e. The van der Waals surface area contributed by atoms with Crippen molar-refractivity contribution in [2.45, 2.75) is 33.4 Å². The lowest BCUT2D eigenvalue weighted by molar-refractivity contribution is 0.109. The number of hydrogen-bond donors (Lipinski definition) is 3. The lowest BCUT2D eigenvalue weighted by Crippen LogP contribution is -2.21. The first-order chi connectivity index (χ1) is 13.5. The molecule has 28 heavy (non-hydrogen) atoms. The van der Waals surface area contributed by atoms with E-state index < -0.39 is 0 Å². The van der Waals surface area contributed by atoms with E-state index in [0.29, 0.717) is 30.4 Å². The topological polar surface area (TPSA) is 111 Å². The Morgan fingerprint density at radius 1 is 1.07 bits per heavy atom. The van der Waals surface area contributed by atoms with E-state index >= 15 is 0 Å². The maximum atomic E-state index is 10.7. The molecule has 7 heteroatoms. The average molecular weight is 387 g/mol. The molecule has 0 fully saturated rings. The second kappa shape index (κ2) is 11.7. The number of benzene rings is 1. The number of aldehydes is 2. The molecule has 0 bridgehead atoms. The fourth-order valence-corrected chi connectivity index (χ4v) is 2.43. The van der Waals surface area contributed by atoms with Crippen molar-refractivity contribution in [2.24, 2.45) is 5.73 Å². The summed E-state index contributed by atoms with van der Waals surface area (Å²) < 4.78 is 10.5. The Labute approximate surface area is 165 Å². The molecule has 1 aromatic carbocycles. The quantitative estimate of drug-likeness (QED) is 0.552. The minimum Gasteiger partial charge on any atom is -0.457 e. The second-order valence-electron chi connectivity index (χ2n) is 6.17. The number of carbonyl (C=O) groups excluding carboxylic acids is 2. The third-order valence-electron chi connectivity index (χ3n) is 3.71. The van der Waals surface area contributed by atoms with Crippen LogP contribution >= 0.6 is 0 Å². The van der Waals surface area contributed by atoms with Gasteiger partial charge in [0.25, 0.3) is 0 Å². The molecule has 0 aliphatic rings. The number of nitrogens with two attached hydrogens (primary N) is 1. The van der Waals surface area contributed by atoms with E-state index in [1.54, 1.807) is 19.2 Å². The molecular weight excluding hydrogens is 358 g/mol. The molecule has 0 aliphatic carbocycles. The Balaban J connectivity index is 0.000000260.